The second kappa shape index (κ2) is 8.57. The zero-order valence-corrected chi connectivity index (χ0v) is 14.1. The first kappa shape index (κ1) is 17.3. The fourth-order valence-electron chi connectivity index (χ4n) is 2.12. The van der Waals surface area contributed by atoms with Crippen LogP contribution in [0.1, 0.15) is 43.6 Å². The number of aryl methyl sites for hydroxylation is 1. The third-order valence-electron chi connectivity index (χ3n) is 3.24. The van der Waals surface area contributed by atoms with Crippen LogP contribution in [0.5, 0.6) is 0 Å². The standard InChI is InChI=1S/C16H21N3O3S/c1-3-7-14-18-16(22-19-14)11-23(21)10-15(20)17-12(2)13-8-5-4-6-9-13/h4-6,8-9,12H,3,7,10-11H2,1-2H3,(H,17,20)/t12-,23+/m0/s1. The number of hydrogen-bond acceptors (Lipinski definition) is 5. The molecule has 0 fully saturated rings. The van der Waals surface area contributed by atoms with Crippen molar-refractivity contribution >= 4 is 16.7 Å². The van der Waals surface area contributed by atoms with E-state index in [2.05, 4.69) is 15.5 Å². The Kier molecular flexibility index (Phi) is 6.46. The maximum atomic E-state index is 12.0. The summed E-state index contributed by atoms with van der Waals surface area (Å²) in [4.78, 5) is 16.1. The fourth-order valence-corrected chi connectivity index (χ4v) is 2.99. The first-order valence-corrected chi connectivity index (χ1v) is 9.08. The minimum absolute atomic E-state index is 0.0807. The van der Waals surface area contributed by atoms with Crippen LogP contribution in [-0.2, 0) is 27.8 Å². The Bertz CT molecular complexity index is 658. The fraction of sp³-hybridized carbons (Fsp3) is 0.438. The second-order valence-corrected chi connectivity index (χ2v) is 6.74. The van der Waals surface area contributed by atoms with E-state index in [1.54, 1.807) is 0 Å². The van der Waals surface area contributed by atoms with Crippen LogP contribution in [-0.4, -0.2) is 26.0 Å². The van der Waals surface area contributed by atoms with Gasteiger partial charge in [-0.1, -0.05) is 42.4 Å². The molecule has 1 heterocycles. The third-order valence-corrected chi connectivity index (χ3v) is 4.39. The molecule has 124 valence electrons. The number of aromatic nitrogens is 2. The Morgan fingerprint density at radius 1 is 1.35 bits per heavy atom. The van der Waals surface area contributed by atoms with Gasteiger partial charge in [0.25, 0.3) is 0 Å². The van der Waals surface area contributed by atoms with E-state index < -0.39 is 10.8 Å². The highest BCUT2D eigenvalue weighted by Crippen LogP contribution is 2.11. The molecule has 1 N–H and O–H groups in total. The van der Waals surface area contributed by atoms with Gasteiger partial charge in [-0.15, -0.1) is 0 Å². The Morgan fingerprint density at radius 2 is 2.09 bits per heavy atom. The van der Waals surface area contributed by atoms with E-state index in [0.29, 0.717) is 11.7 Å². The van der Waals surface area contributed by atoms with E-state index in [1.165, 1.54) is 0 Å². The number of rotatable bonds is 8. The van der Waals surface area contributed by atoms with E-state index in [9.17, 15) is 9.00 Å². The van der Waals surface area contributed by atoms with Crippen molar-refractivity contribution < 1.29 is 13.5 Å². The molecule has 1 aromatic carbocycles. The minimum atomic E-state index is -1.37. The Hall–Kier alpha value is -2.02. The summed E-state index contributed by atoms with van der Waals surface area (Å²) in [5.74, 6) is 0.692. The summed E-state index contributed by atoms with van der Waals surface area (Å²) < 4.78 is 17.1. The van der Waals surface area contributed by atoms with Gasteiger partial charge in [-0.3, -0.25) is 9.00 Å². The van der Waals surface area contributed by atoms with E-state index >= 15 is 0 Å². The Labute approximate surface area is 138 Å². The monoisotopic (exact) mass is 335 g/mol. The van der Waals surface area contributed by atoms with E-state index in [0.717, 1.165) is 18.4 Å². The maximum absolute atomic E-state index is 12.0. The van der Waals surface area contributed by atoms with Crippen molar-refractivity contribution in [3.05, 3.63) is 47.6 Å². The van der Waals surface area contributed by atoms with Crippen LogP contribution in [0.25, 0.3) is 0 Å². The molecule has 0 spiro atoms. The molecule has 2 atom stereocenters. The van der Waals surface area contributed by atoms with Crippen molar-refractivity contribution in [3.8, 4) is 0 Å². The summed E-state index contributed by atoms with van der Waals surface area (Å²) in [5, 5.41) is 6.64. The average Bonchev–Trinajstić information content (AvgIpc) is 2.95. The van der Waals surface area contributed by atoms with Gasteiger partial charge in [0.15, 0.2) is 5.82 Å². The zero-order valence-electron chi connectivity index (χ0n) is 13.3. The van der Waals surface area contributed by atoms with Gasteiger partial charge in [0, 0.05) is 17.2 Å². The number of amides is 1. The van der Waals surface area contributed by atoms with Crippen molar-refractivity contribution in [2.75, 3.05) is 5.75 Å². The smallest absolute Gasteiger partial charge is 0.239 e. The highest BCUT2D eigenvalue weighted by molar-refractivity contribution is 7.84. The highest BCUT2D eigenvalue weighted by atomic mass is 32.2. The van der Waals surface area contributed by atoms with Gasteiger partial charge in [-0.2, -0.15) is 4.98 Å². The molecule has 1 aromatic heterocycles. The molecule has 7 heteroatoms. The van der Waals surface area contributed by atoms with Crippen molar-refractivity contribution in [2.45, 2.75) is 38.5 Å². The average molecular weight is 335 g/mol. The molecule has 0 saturated heterocycles. The van der Waals surface area contributed by atoms with Crippen molar-refractivity contribution in [2.24, 2.45) is 0 Å². The summed E-state index contributed by atoms with van der Waals surface area (Å²) in [6.07, 6.45) is 1.65. The second-order valence-electron chi connectivity index (χ2n) is 5.28. The number of benzene rings is 1. The molecule has 0 aliphatic rings. The number of hydrogen-bond donors (Lipinski definition) is 1. The third kappa shape index (κ3) is 5.59. The topological polar surface area (TPSA) is 85.1 Å². The van der Waals surface area contributed by atoms with Gasteiger partial charge < -0.3 is 9.84 Å². The molecule has 23 heavy (non-hydrogen) atoms. The number of carbonyl (C=O) groups is 1. The molecule has 2 rings (SSSR count). The zero-order chi connectivity index (χ0) is 16.7. The lowest BCUT2D eigenvalue weighted by Crippen LogP contribution is -2.31. The lowest BCUT2D eigenvalue weighted by molar-refractivity contribution is -0.119. The van der Waals surface area contributed by atoms with Crippen LogP contribution < -0.4 is 5.32 Å². The quantitative estimate of drug-likeness (QED) is 0.799. The lowest BCUT2D eigenvalue weighted by atomic mass is 10.1. The SMILES string of the molecule is CCCc1noc(C[S@](=O)CC(=O)N[C@@H](C)c2ccccc2)n1. The van der Waals surface area contributed by atoms with Crippen LogP contribution in [0, 0.1) is 0 Å². The molecule has 2 aromatic rings. The van der Waals surface area contributed by atoms with Gasteiger partial charge in [-0.05, 0) is 18.9 Å². The van der Waals surface area contributed by atoms with Crippen molar-refractivity contribution in [1.29, 1.82) is 0 Å². The van der Waals surface area contributed by atoms with E-state index in [4.69, 9.17) is 4.52 Å². The molecule has 1 amide bonds. The normalized spacial score (nSPS) is 13.5. The Morgan fingerprint density at radius 3 is 2.78 bits per heavy atom. The van der Waals surface area contributed by atoms with Gasteiger partial charge in [0.1, 0.15) is 11.5 Å². The van der Waals surface area contributed by atoms with Crippen LogP contribution in [0.15, 0.2) is 34.9 Å². The first-order chi connectivity index (χ1) is 11.1. The summed E-state index contributed by atoms with van der Waals surface area (Å²) >= 11 is 0. The summed E-state index contributed by atoms with van der Waals surface area (Å²) in [5.41, 5.74) is 1.01. The molecule has 0 bridgehead atoms. The molecule has 0 radical (unpaired) electrons. The van der Waals surface area contributed by atoms with Crippen LogP contribution >= 0.6 is 0 Å². The minimum Gasteiger partial charge on any atom is -0.349 e. The molecule has 0 aliphatic heterocycles. The maximum Gasteiger partial charge on any atom is 0.239 e. The first-order valence-electron chi connectivity index (χ1n) is 7.59. The van der Waals surface area contributed by atoms with Crippen molar-refractivity contribution in [3.63, 3.8) is 0 Å². The molecule has 0 saturated carbocycles. The number of nitrogens with zero attached hydrogens (tertiary/aromatic N) is 2. The van der Waals surface area contributed by atoms with E-state index in [1.807, 2.05) is 44.2 Å². The predicted molar refractivity (Wildman–Crippen MR) is 88.0 cm³/mol. The summed E-state index contributed by atoms with van der Waals surface area (Å²) in [7, 11) is -1.37. The molecule has 0 aliphatic carbocycles. The molecular weight excluding hydrogens is 314 g/mol. The highest BCUT2D eigenvalue weighted by Gasteiger charge is 2.15. The van der Waals surface area contributed by atoms with E-state index in [-0.39, 0.29) is 23.5 Å². The van der Waals surface area contributed by atoms with Crippen LogP contribution in [0.3, 0.4) is 0 Å². The summed E-state index contributed by atoms with van der Waals surface area (Å²) in [6, 6.07) is 9.51. The van der Waals surface area contributed by atoms with Crippen LogP contribution in [0.4, 0.5) is 0 Å². The molecule has 6 nitrogen and oxygen atoms in total. The number of carbonyl (C=O) groups excluding carboxylic acids is 1. The number of nitrogens with one attached hydrogen (secondary N) is 1. The van der Waals surface area contributed by atoms with Gasteiger partial charge >= 0.3 is 0 Å². The molecule has 0 unspecified atom stereocenters. The van der Waals surface area contributed by atoms with Gasteiger partial charge in [0.05, 0.1) is 6.04 Å². The van der Waals surface area contributed by atoms with Gasteiger partial charge in [-0.25, -0.2) is 0 Å². The van der Waals surface area contributed by atoms with Crippen molar-refractivity contribution in [1.82, 2.24) is 15.5 Å². The lowest BCUT2D eigenvalue weighted by Gasteiger charge is -2.13. The predicted octanol–water partition coefficient (Wildman–Crippen LogP) is 2.15. The largest absolute Gasteiger partial charge is 0.349 e. The Balaban J connectivity index is 1.81. The van der Waals surface area contributed by atoms with Crippen LogP contribution in [0.2, 0.25) is 0 Å². The van der Waals surface area contributed by atoms with Gasteiger partial charge in [0.2, 0.25) is 11.8 Å². The summed E-state index contributed by atoms with van der Waals surface area (Å²) in [6.45, 7) is 3.91. The molecular formula is C16H21N3O3S.